The molecule has 3 amide bonds. The molecule has 1 saturated heterocycles. The van der Waals surface area contributed by atoms with Gasteiger partial charge in [0.1, 0.15) is 23.2 Å². The van der Waals surface area contributed by atoms with Gasteiger partial charge in [0.25, 0.3) is 5.91 Å². The number of aryl methyl sites for hydroxylation is 1. The molecule has 1 aromatic carbocycles. The number of amides is 3. The van der Waals surface area contributed by atoms with E-state index in [4.69, 9.17) is 9.47 Å². The van der Waals surface area contributed by atoms with Gasteiger partial charge in [-0.3, -0.25) is 14.4 Å². The van der Waals surface area contributed by atoms with Crippen LogP contribution in [0.15, 0.2) is 30.3 Å². The largest absolute Gasteiger partial charge is 0.460 e. The number of esters is 1. The average Bonchev–Trinajstić information content (AvgIpc) is 2.89. The molecule has 1 unspecified atom stereocenters. The average molecular weight is 558 g/mol. The first-order valence-electron chi connectivity index (χ1n) is 13.2. The monoisotopic (exact) mass is 557 g/mol. The van der Waals surface area contributed by atoms with Crippen molar-refractivity contribution in [2.45, 2.75) is 59.1 Å². The third kappa shape index (κ3) is 8.72. The summed E-state index contributed by atoms with van der Waals surface area (Å²) in [5.74, 6) is -1.84. The van der Waals surface area contributed by atoms with Crippen LogP contribution < -0.4 is 5.32 Å². The first-order chi connectivity index (χ1) is 18.9. The highest BCUT2D eigenvalue weighted by atomic mass is 19.1. The van der Waals surface area contributed by atoms with Crippen molar-refractivity contribution in [1.82, 2.24) is 25.1 Å². The van der Waals surface area contributed by atoms with Gasteiger partial charge in [-0.15, -0.1) is 0 Å². The Morgan fingerprint density at radius 2 is 1.73 bits per heavy atom. The van der Waals surface area contributed by atoms with Crippen LogP contribution in [0.3, 0.4) is 0 Å². The van der Waals surface area contributed by atoms with Crippen LogP contribution in [0.1, 0.15) is 56.7 Å². The second kappa shape index (κ2) is 13.3. The van der Waals surface area contributed by atoms with Crippen LogP contribution in [0.5, 0.6) is 0 Å². The molecule has 2 heterocycles. The van der Waals surface area contributed by atoms with Gasteiger partial charge in [0.15, 0.2) is 5.82 Å². The lowest BCUT2D eigenvalue weighted by Crippen LogP contribution is -2.56. The van der Waals surface area contributed by atoms with E-state index >= 15 is 0 Å². The summed E-state index contributed by atoms with van der Waals surface area (Å²) in [5, 5.41) is 2.71. The van der Waals surface area contributed by atoms with Crippen LogP contribution in [-0.4, -0.2) is 88.1 Å². The van der Waals surface area contributed by atoms with Gasteiger partial charge in [0, 0.05) is 43.9 Å². The zero-order valence-corrected chi connectivity index (χ0v) is 23.5. The van der Waals surface area contributed by atoms with Crippen molar-refractivity contribution in [2.24, 2.45) is 0 Å². The molecule has 2 aromatic rings. The summed E-state index contributed by atoms with van der Waals surface area (Å²) >= 11 is 0. The number of rotatable bonds is 8. The highest BCUT2D eigenvalue weighted by Crippen LogP contribution is 2.18. The van der Waals surface area contributed by atoms with Crippen LogP contribution in [0.25, 0.3) is 11.4 Å². The van der Waals surface area contributed by atoms with E-state index in [1.165, 1.54) is 29.2 Å². The molecule has 1 aromatic heterocycles. The molecule has 1 N–H and O–H groups in total. The van der Waals surface area contributed by atoms with E-state index in [0.717, 1.165) is 0 Å². The van der Waals surface area contributed by atoms with Crippen molar-refractivity contribution in [3.05, 3.63) is 47.5 Å². The van der Waals surface area contributed by atoms with Gasteiger partial charge in [0.05, 0.1) is 6.61 Å². The molecule has 1 fully saturated rings. The lowest BCUT2D eigenvalue weighted by molar-refractivity contribution is -0.155. The standard InChI is InChI=1S/C28H36FN5O6/c1-6-39-27(38)34-14-12-33(13-15-34)26(37)21(10-11-23(35)40-28(3,4)5)32-25(36)22-16-18(2)30-24(31-22)19-8-7-9-20(29)17-19/h7-9,16-17,21H,6,10-15H2,1-5H3,(H,32,36). The van der Waals surface area contributed by atoms with Gasteiger partial charge in [-0.25, -0.2) is 19.2 Å². The molecule has 1 aliphatic rings. The molecule has 40 heavy (non-hydrogen) atoms. The van der Waals surface area contributed by atoms with E-state index < -0.39 is 41.3 Å². The van der Waals surface area contributed by atoms with Crippen molar-refractivity contribution in [1.29, 1.82) is 0 Å². The predicted octanol–water partition coefficient (Wildman–Crippen LogP) is 3.11. The zero-order valence-electron chi connectivity index (χ0n) is 23.5. The number of nitrogens with zero attached hydrogens (tertiary/aromatic N) is 4. The van der Waals surface area contributed by atoms with E-state index in [2.05, 4.69) is 15.3 Å². The van der Waals surface area contributed by atoms with Gasteiger partial charge in [-0.05, 0) is 59.2 Å². The van der Waals surface area contributed by atoms with Gasteiger partial charge < -0.3 is 24.6 Å². The molecule has 1 aliphatic heterocycles. The van der Waals surface area contributed by atoms with E-state index in [1.807, 2.05) is 0 Å². The quantitative estimate of drug-likeness (QED) is 0.490. The highest BCUT2D eigenvalue weighted by Gasteiger charge is 2.32. The first kappa shape index (κ1) is 30.5. The number of benzene rings is 1. The van der Waals surface area contributed by atoms with Crippen molar-refractivity contribution in [2.75, 3.05) is 32.8 Å². The van der Waals surface area contributed by atoms with Crippen LogP contribution in [-0.2, 0) is 19.1 Å². The number of carbonyl (C=O) groups is 4. The van der Waals surface area contributed by atoms with Gasteiger partial charge in [-0.2, -0.15) is 0 Å². The number of aromatic nitrogens is 2. The highest BCUT2D eigenvalue weighted by molar-refractivity contribution is 5.96. The molecule has 11 nitrogen and oxygen atoms in total. The summed E-state index contributed by atoms with van der Waals surface area (Å²) in [7, 11) is 0. The van der Waals surface area contributed by atoms with Crippen LogP contribution in [0.4, 0.5) is 9.18 Å². The lowest BCUT2D eigenvalue weighted by Gasteiger charge is -2.36. The maximum Gasteiger partial charge on any atom is 0.409 e. The second-order valence-corrected chi connectivity index (χ2v) is 10.4. The molecule has 0 bridgehead atoms. The normalized spacial score (nSPS) is 14.3. The smallest absolute Gasteiger partial charge is 0.409 e. The Bertz CT molecular complexity index is 1240. The molecule has 12 heteroatoms. The Morgan fingerprint density at radius 1 is 1.05 bits per heavy atom. The van der Waals surface area contributed by atoms with E-state index in [0.29, 0.717) is 11.3 Å². The summed E-state index contributed by atoms with van der Waals surface area (Å²) in [6.45, 7) is 9.91. The fourth-order valence-corrected chi connectivity index (χ4v) is 4.13. The number of ether oxygens (including phenoxy) is 2. The number of halogens is 1. The molecule has 0 saturated carbocycles. The summed E-state index contributed by atoms with van der Waals surface area (Å²) in [6, 6.07) is 6.11. The van der Waals surface area contributed by atoms with Crippen molar-refractivity contribution in [3.63, 3.8) is 0 Å². The fraction of sp³-hybridized carbons (Fsp3) is 0.500. The lowest BCUT2D eigenvalue weighted by atomic mass is 10.1. The number of nitrogens with one attached hydrogen (secondary N) is 1. The minimum atomic E-state index is -1.05. The second-order valence-electron chi connectivity index (χ2n) is 10.4. The van der Waals surface area contributed by atoms with Gasteiger partial charge in [-0.1, -0.05) is 12.1 Å². The molecule has 1 atom stereocenters. The number of hydrogen-bond donors (Lipinski definition) is 1. The third-order valence-corrected chi connectivity index (χ3v) is 5.95. The Labute approximate surface area is 233 Å². The molecule has 216 valence electrons. The van der Waals surface area contributed by atoms with Gasteiger partial charge in [0.2, 0.25) is 5.91 Å². The molecule has 0 radical (unpaired) electrons. The number of hydrogen-bond acceptors (Lipinski definition) is 8. The van der Waals surface area contributed by atoms with E-state index in [-0.39, 0.29) is 57.1 Å². The maximum absolute atomic E-state index is 13.8. The van der Waals surface area contributed by atoms with Crippen LogP contribution >= 0.6 is 0 Å². The molecule has 0 aliphatic carbocycles. The van der Waals surface area contributed by atoms with Crippen molar-refractivity contribution in [3.8, 4) is 11.4 Å². The molecule has 3 rings (SSSR count). The zero-order chi connectivity index (χ0) is 29.4. The summed E-state index contributed by atoms with van der Waals surface area (Å²) < 4.78 is 24.2. The van der Waals surface area contributed by atoms with Crippen molar-refractivity contribution >= 4 is 23.9 Å². The van der Waals surface area contributed by atoms with Gasteiger partial charge >= 0.3 is 12.1 Å². The predicted molar refractivity (Wildman–Crippen MR) is 144 cm³/mol. The molecular formula is C28H36FN5O6. The Morgan fingerprint density at radius 3 is 2.35 bits per heavy atom. The number of piperazine rings is 1. The Hall–Kier alpha value is -4.09. The Balaban J connectivity index is 1.78. The van der Waals surface area contributed by atoms with Crippen LogP contribution in [0, 0.1) is 12.7 Å². The van der Waals surface area contributed by atoms with E-state index in [1.54, 1.807) is 45.6 Å². The molecule has 0 spiro atoms. The topological polar surface area (TPSA) is 131 Å². The first-order valence-corrected chi connectivity index (χ1v) is 13.2. The summed E-state index contributed by atoms with van der Waals surface area (Å²) in [5.41, 5.74) is 0.171. The minimum absolute atomic E-state index is 0.00159. The maximum atomic E-state index is 13.8. The third-order valence-electron chi connectivity index (χ3n) is 5.95. The van der Waals surface area contributed by atoms with E-state index in [9.17, 15) is 23.6 Å². The fourth-order valence-electron chi connectivity index (χ4n) is 4.13. The molecular weight excluding hydrogens is 521 g/mol. The SMILES string of the molecule is CCOC(=O)N1CCN(C(=O)C(CCC(=O)OC(C)(C)C)NC(=O)c2cc(C)nc(-c3cccc(F)c3)n2)CC1. The van der Waals surface area contributed by atoms with Crippen LogP contribution in [0.2, 0.25) is 0 Å². The number of carbonyl (C=O) groups excluding carboxylic acids is 4. The minimum Gasteiger partial charge on any atom is -0.460 e. The summed E-state index contributed by atoms with van der Waals surface area (Å²) in [4.78, 5) is 62.9. The Kier molecular flexibility index (Phi) is 10.1. The van der Waals surface area contributed by atoms with Crippen molar-refractivity contribution < 1.29 is 33.0 Å². The summed E-state index contributed by atoms with van der Waals surface area (Å²) in [6.07, 6.45) is -0.551.